The molecule has 1 aromatic carbocycles. The Hall–Kier alpha value is -2.11. The van der Waals surface area contributed by atoms with E-state index in [-0.39, 0.29) is 18.1 Å². The lowest BCUT2D eigenvalue weighted by Crippen LogP contribution is -2.53. The molecule has 2 fully saturated rings. The second kappa shape index (κ2) is 6.42. The first-order valence-corrected chi connectivity index (χ1v) is 8.45. The minimum atomic E-state index is -0.0318. The van der Waals surface area contributed by atoms with E-state index in [0.29, 0.717) is 18.9 Å². The van der Waals surface area contributed by atoms with E-state index in [1.807, 2.05) is 4.90 Å². The molecule has 1 aromatic heterocycles. The van der Waals surface area contributed by atoms with Crippen molar-refractivity contribution >= 4 is 5.91 Å². The molecule has 0 spiro atoms. The largest absolute Gasteiger partial charge is 0.459 e. The summed E-state index contributed by atoms with van der Waals surface area (Å²) in [5.41, 5.74) is 2.58. The predicted octanol–water partition coefficient (Wildman–Crippen LogP) is 2.31. The first-order valence-electron chi connectivity index (χ1n) is 8.45. The number of aryl methyl sites for hydroxylation is 1. The molecule has 2 atom stereocenters. The quantitative estimate of drug-likeness (QED) is 0.868. The maximum Gasteiger partial charge on any atom is 0.290 e. The fourth-order valence-electron chi connectivity index (χ4n) is 3.76. The van der Waals surface area contributed by atoms with Gasteiger partial charge in [-0.15, -0.1) is 0 Å². The SMILES string of the molecule is Cc1cccc(CN2C[C@@H]3OCCN(C(=O)c4ccco4)[C@@H]3C2)c1. The maximum atomic E-state index is 12.7. The second-order valence-corrected chi connectivity index (χ2v) is 6.64. The summed E-state index contributed by atoms with van der Waals surface area (Å²) < 4.78 is 11.2. The van der Waals surface area contributed by atoms with E-state index >= 15 is 0 Å². The number of carbonyl (C=O) groups is 1. The van der Waals surface area contributed by atoms with Crippen molar-refractivity contribution in [2.24, 2.45) is 0 Å². The van der Waals surface area contributed by atoms with Crippen LogP contribution in [0.5, 0.6) is 0 Å². The first kappa shape index (κ1) is 15.4. The standard InChI is InChI=1S/C19H22N2O3/c1-14-4-2-5-15(10-14)11-20-12-16-18(13-20)24-9-7-21(16)19(22)17-6-3-8-23-17/h2-6,8,10,16,18H,7,9,11-13H2,1H3/t16-,18+/m1/s1. The average molecular weight is 326 g/mol. The van der Waals surface area contributed by atoms with Crippen molar-refractivity contribution < 1.29 is 13.9 Å². The number of furan rings is 1. The van der Waals surface area contributed by atoms with E-state index in [1.165, 1.54) is 11.1 Å². The van der Waals surface area contributed by atoms with Gasteiger partial charge in [0.25, 0.3) is 5.91 Å². The molecule has 3 heterocycles. The van der Waals surface area contributed by atoms with Crippen LogP contribution in [-0.2, 0) is 11.3 Å². The van der Waals surface area contributed by atoms with Crippen molar-refractivity contribution in [1.29, 1.82) is 0 Å². The molecule has 4 rings (SSSR count). The number of likely N-dealkylation sites (tertiary alicyclic amines) is 1. The van der Waals surface area contributed by atoms with E-state index in [4.69, 9.17) is 9.15 Å². The fourth-order valence-corrected chi connectivity index (χ4v) is 3.76. The summed E-state index contributed by atoms with van der Waals surface area (Å²) in [6.45, 7) is 5.91. The Kier molecular flexibility index (Phi) is 4.12. The van der Waals surface area contributed by atoms with Crippen LogP contribution in [0.4, 0.5) is 0 Å². The van der Waals surface area contributed by atoms with E-state index in [1.54, 1.807) is 18.4 Å². The molecule has 126 valence electrons. The highest BCUT2D eigenvalue weighted by molar-refractivity contribution is 5.91. The van der Waals surface area contributed by atoms with Crippen LogP contribution < -0.4 is 0 Å². The molecule has 0 N–H and O–H groups in total. The van der Waals surface area contributed by atoms with Gasteiger partial charge in [-0.1, -0.05) is 29.8 Å². The number of nitrogens with zero attached hydrogens (tertiary/aromatic N) is 2. The number of rotatable bonds is 3. The first-order chi connectivity index (χ1) is 11.7. The maximum absolute atomic E-state index is 12.7. The molecule has 0 aliphatic carbocycles. The normalized spacial score (nSPS) is 24.1. The molecular weight excluding hydrogens is 304 g/mol. The molecule has 0 unspecified atom stereocenters. The molecule has 2 aliphatic rings. The third-order valence-electron chi connectivity index (χ3n) is 4.86. The Morgan fingerprint density at radius 2 is 2.17 bits per heavy atom. The van der Waals surface area contributed by atoms with Crippen LogP contribution in [0.3, 0.4) is 0 Å². The molecule has 0 saturated carbocycles. The summed E-state index contributed by atoms with van der Waals surface area (Å²) in [7, 11) is 0. The lowest BCUT2D eigenvalue weighted by Gasteiger charge is -2.36. The van der Waals surface area contributed by atoms with Crippen molar-refractivity contribution in [3.8, 4) is 0 Å². The highest BCUT2D eigenvalue weighted by Gasteiger charge is 2.42. The number of carbonyl (C=O) groups excluding carboxylic acids is 1. The van der Waals surface area contributed by atoms with Gasteiger partial charge in [0.15, 0.2) is 5.76 Å². The van der Waals surface area contributed by atoms with Crippen LogP contribution in [0.1, 0.15) is 21.7 Å². The molecule has 0 bridgehead atoms. The van der Waals surface area contributed by atoms with Crippen molar-refractivity contribution in [3.05, 3.63) is 59.5 Å². The minimum absolute atomic E-state index is 0.0318. The third-order valence-corrected chi connectivity index (χ3v) is 4.86. The topological polar surface area (TPSA) is 45.9 Å². The van der Waals surface area contributed by atoms with Gasteiger partial charge >= 0.3 is 0 Å². The van der Waals surface area contributed by atoms with Gasteiger partial charge < -0.3 is 14.1 Å². The van der Waals surface area contributed by atoms with Crippen molar-refractivity contribution in [2.45, 2.75) is 25.6 Å². The second-order valence-electron chi connectivity index (χ2n) is 6.64. The monoisotopic (exact) mass is 326 g/mol. The van der Waals surface area contributed by atoms with Gasteiger partial charge in [0.1, 0.15) is 0 Å². The van der Waals surface area contributed by atoms with Crippen LogP contribution >= 0.6 is 0 Å². The summed E-state index contributed by atoms with van der Waals surface area (Å²) >= 11 is 0. The molecule has 2 saturated heterocycles. The molecular formula is C19H22N2O3. The van der Waals surface area contributed by atoms with Crippen LogP contribution in [0.2, 0.25) is 0 Å². The van der Waals surface area contributed by atoms with Gasteiger partial charge in [-0.05, 0) is 24.6 Å². The van der Waals surface area contributed by atoms with E-state index in [0.717, 1.165) is 19.6 Å². The summed E-state index contributed by atoms with van der Waals surface area (Å²) in [5, 5.41) is 0. The van der Waals surface area contributed by atoms with Crippen molar-refractivity contribution in [1.82, 2.24) is 9.80 Å². The lowest BCUT2D eigenvalue weighted by molar-refractivity contribution is -0.0380. The minimum Gasteiger partial charge on any atom is -0.459 e. The Morgan fingerprint density at radius 3 is 2.96 bits per heavy atom. The third kappa shape index (κ3) is 2.97. The molecule has 24 heavy (non-hydrogen) atoms. The lowest BCUT2D eigenvalue weighted by atomic mass is 10.1. The van der Waals surface area contributed by atoms with Gasteiger partial charge in [-0.25, -0.2) is 0 Å². The van der Waals surface area contributed by atoms with Gasteiger partial charge in [0.05, 0.1) is 25.0 Å². The van der Waals surface area contributed by atoms with Crippen LogP contribution in [0, 0.1) is 6.92 Å². The number of ether oxygens (including phenoxy) is 1. The number of amides is 1. The number of fused-ring (bicyclic) bond motifs is 1. The Bertz CT molecular complexity index is 713. The van der Waals surface area contributed by atoms with Gasteiger partial charge in [-0.2, -0.15) is 0 Å². The summed E-state index contributed by atoms with van der Waals surface area (Å²) in [6.07, 6.45) is 1.63. The number of hydrogen-bond donors (Lipinski definition) is 0. The molecule has 2 aromatic rings. The highest BCUT2D eigenvalue weighted by atomic mass is 16.5. The zero-order chi connectivity index (χ0) is 16.5. The van der Waals surface area contributed by atoms with Gasteiger partial charge in [-0.3, -0.25) is 9.69 Å². The van der Waals surface area contributed by atoms with Crippen molar-refractivity contribution in [3.63, 3.8) is 0 Å². The molecule has 2 aliphatic heterocycles. The Balaban J connectivity index is 1.47. The zero-order valence-electron chi connectivity index (χ0n) is 13.9. The van der Waals surface area contributed by atoms with E-state index in [2.05, 4.69) is 36.1 Å². The Morgan fingerprint density at radius 1 is 1.25 bits per heavy atom. The highest BCUT2D eigenvalue weighted by Crippen LogP contribution is 2.26. The fraction of sp³-hybridized carbons (Fsp3) is 0.421. The number of morpholine rings is 1. The molecule has 5 nitrogen and oxygen atoms in total. The Labute approximate surface area is 141 Å². The summed E-state index contributed by atoms with van der Waals surface area (Å²) in [6, 6.07) is 12.2. The van der Waals surface area contributed by atoms with Crippen LogP contribution in [-0.4, -0.2) is 54.1 Å². The zero-order valence-corrected chi connectivity index (χ0v) is 13.9. The average Bonchev–Trinajstić information content (AvgIpc) is 3.23. The van der Waals surface area contributed by atoms with Crippen LogP contribution in [0.15, 0.2) is 47.1 Å². The smallest absolute Gasteiger partial charge is 0.290 e. The number of benzene rings is 1. The molecule has 0 radical (unpaired) electrons. The summed E-state index contributed by atoms with van der Waals surface area (Å²) in [5.74, 6) is 0.378. The van der Waals surface area contributed by atoms with Crippen LogP contribution in [0.25, 0.3) is 0 Å². The van der Waals surface area contributed by atoms with Gasteiger partial charge in [0, 0.05) is 26.2 Å². The van der Waals surface area contributed by atoms with E-state index < -0.39 is 0 Å². The predicted molar refractivity (Wildman–Crippen MR) is 89.7 cm³/mol. The van der Waals surface area contributed by atoms with E-state index in [9.17, 15) is 4.79 Å². The molecule has 5 heteroatoms. The number of hydrogen-bond acceptors (Lipinski definition) is 4. The molecule has 1 amide bonds. The summed E-state index contributed by atoms with van der Waals surface area (Å²) in [4.78, 5) is 17.0. The van der Waals surface area contributed by atoms with Crippen molar-refractivity contribution in [2.75, 3.05) is 26.2 Å². The van der Waals surface area contributed by atoms with Gasteiger partial charge in [0.2, 0.25) is 0 Å².